The molecule has 8 heteroatoms. The molecule has 0 unspecified atom stereocenters. The lowest BCUT2D eigenvalue weighted by Crippen LogP contribution is -2.34. The van der Waals surface area contributed by atoms with Gasteiger partial charge in [0.05, 0.1) is 28.9 Å². The number of aryl methyl sites for hydroxylation is 1. The van der Waals surface area contributed by atoms with Gasteiger partial charge in [0.15, 0.2) is 5.65 Å². The Morgan fingerprint density at radius 3 is 2.77 bits per heavy atom. The maximum absolute atomic E-state index is 13.2. The molecule has 30 heavy (non-hydrogen) atoms. The topological polar surface area (TPSA) is 93.4 Å². The second-order valence-corrected chi connectivity index (χ2v) is 7.95. The molecule has 1 fully saturated rings. The van der Waals surface area contributed by atoms with Crippen LogP contribution in [0, 0.1) is 0 Å². The second-order valence-electron chi connectivity index (χ2n) is 7.95. The van der Waals surface area contributed by atoms with Gasteiger partial charge < -0.3 is 5.32 Å². The van der Waals surface area contributed by atoms with Crippen molar-refractivity contribution in [1.29, 1.82) is 0 Å². The molecule has 1 aromatic carbocycles. The van der Waals surface area contributed by atoms with Gasteiger partial charge in [0.1, 0.15) is 0 Å². The molecular formula is C22H21N7O. The van der Waals surface area contributed by atoms with Gasteiger partial charge in [-0.3, -0.25) is 19.2 Å². The van der Waals surface area contributed by atoms with Crippen molar-refractivity contribution in [3.63, 3.8) is 0 Å². The molecule has 8 nitrogen and oxygen atoms in total. The normalized spacial score (nSPS) is 15.5. The van der Waals surface area contributed by atoms with Crippen molar-refractivity contribution in [2.24, 2.45) is 7.05 Å². The van der Waals surface area contributed by atoms with Gasteiger partial charge in [0.25, 0.3) is 0 Å². The molecule has 0 amide bonds. The Bertz CT molecular complexity index is 1470. The molecule has 150 valence electrons. The van der Waals surface area contributed by atoms with E-state index in [2.05, 4.69) is 43.7 Å². The summed E-state index contributed by atoms with van der Waals surface area (Å²) in [7, 11) is 1.83. The van der Waals surface area contributed by atoms with E-state index < -0.39 is 0 Å². The highest BCUT2D eigenvalue weighted by Crippen LogP contribution is 2.31. The number of nitrogens with one attached hydrogen (secondary N) is 2. The molecule has 1 aliphatic heterocycles. The molecule has 0 bridgehead atoms. The van der Waals surface area contributed by atoms with Crippen LogP contribution in [0.25, 0.3) is 44.1 Å². The van der Waals surface area contributed by atoms with Crippen LogP contribution in [0.2, 0.25) is 0 Å². The summed E-state index contributed by atoms with van der Waals surface area (Å²) in [6, 6.07) is 8.48. The molecule has 5 aromatic rings. The number of piperidine rings is 1. The third kappa shape index (κ3) is 2.50. The van der Waals surface area contributed by atoms with E-state index in [1.807, 2.05) is 30.1 Å². The molecule has 0 atom stereocenters. The SMILES string of the molecule is Cn1c(=O)n(C2CCNCC2)c2c3cc(-c4cnc5[nH]ncc5c4)ccc3ncc21. The van der Waals surface area contributed by atoms with E-state index in [0.717, 1.165) is 70.0 Å². The number of imidazole rings is 1. The van der Waals surface area contributed by atoms with E-state index >= 15 is 0 Å². The largest absolute Gasteiger partial charge is 0.329 e. The number of nitrogens with zero attached hydrogens (tertiary/aromatic N) is 5. The first-order valence-electron chi connectivity index (χ1n) is 10.2. The summed E-state index contributed by atoms with van der Waals surface area (Å²) in [6.45, 7) is 1.86. The highest BCUT2D eigenvalue weighted by atomic mass is 16.1. The first kappa shape index (κ1) is 17.3. The van der Waals surface area contributed by atoms with Crippen LogP contribution in [-0.2, 0) is 7.05 Å². The Morgan fingerprint density at radius 1 is 1.03 bits per heavy atom. The molecule has 0 saturated carbocycles. The standard InChI is InChI=1S/C22H21N7O/c1-28-19-12-24-18-3-2-13(14-8-15-11-26-27-21(15)25-10-14)9-17(18)20(19)29(22(28)30)16-4-6-23-7-5-16/h2-3,8-12,16,23H,4-7H2,1H3,(H,25,26,27). The molecule has 4 aromatic heterocycles. The van der Waals surface area contributed by atoms with Crippen molar-refractivity contribution in [2.75, 3.05) is 13.1 Å². The van der Waals surface area contributed by atoms with Gasteiger partial charge >= 0.3 is 5.69 Å². The molecule has 6 rings (SSSR count). The fraction of sp³-hybridized carbons (Fsp3) is 0.273. The summed E-state index contributed by atoms with van der Waals surface area (Å²) >= 11 is 0. The van der Waals surface area contributed by atoms with Gasteiger partial charge in [0, 0.05) is 35.6 Å². The van der Waals surface area contributed by atoms with E-state index in [1.165, 1.54) is 0 Å². The molecular weight excluding hydrogens is 378 g/mol. The predicted octanol–water partition coefficient (Wildman–Crippen LogP) is 2.75. The number of rotatable bonds is 2. The Kier molecular flexibility index (Phi) is 3.76. The van der Waals surface area contributed by atoms with Crippen LogP contribution < -0.4 is 11.0 Å². The zero-order valence-corrected chi connectivity index (χ0v) is 16.6. The lowest BCUT2D eigenvalue weighted by Gasteiger charge is -2.24. The quantitative estimate of drug-likeness (QED) is 0.476. The minimum atomic E-state index is 0.0260. The molecule has 0 radical (unpaired) electrons. The number of pyridine rings is 2. The predicted molar refractivity (Wildman–Crippen MR) is 117 cm³/mol. The minimum absolute atomic E-state index is 0.0260. The molecule has 0 aliphatic carbocycles. The van der Waals surface area contributed by atoms with E-state index in [4.69, 9.17) is 0 Å². The van der Waals surface area contributed by atoms with Gasteiger partial charge in [-0.05, 0) is 49.7 Å². The second kappa shape index (κ2) is 6.50. The van der Waals surface area contributed by atoms with E-state index in [0.29, 0.717) is 0 Å². The third-order valence-corrected chi connectivity index (χ3v) is 6.21. The highest BCUT2D eigenvalue weighted by molar-refractivity contribution is 6.04. The van der Waals surface area contributed by atoms with Crippen molar-refractivity contribution in [3.8, 4) is 11.1 Å². The summed E-state index contributed by atoms with van der Waals surface area (Å²) in [5.74, 6) is 0. The number of H-pyrrole nitrogens is 1. The lowest BCUT2D eigenvalue weighted by molar-refractivity contribution is 0.366. The number of hydrogen-bond acceptors (Lipinski definition) is 5. The Balaban J connectivity index is 1.62. The number of hydrogen-bond donors (Lipinski definition) is 2. The molecule has 5 heterocycles. The third-order valence-electron chi connectivity index (χ3n) is 6.21. The van der Waals surface area contributed by atoms with Gasteiger partial charge in [-0.25, -0.2) is 9.78 Å². The average molecular weight is 399 g/mol. The van der Waals surface area contributed by atoms with E-state index in [-0.39, 0.29) is 11.7 Å². The first-order chi connectivity index (χ1) is 14.7. The van der Waals surface area contributed by atoms with E-state index in [1.54, 1.807) is 10.8 Å². The van der Waals surface area contributed by atoms with Crippen LogP contribution in [0.4, 0.5) is 0 Å². The summed E-state index contributed by atoms with van der Waals surface area (Å²) in [6.07, 6.45) is 7.33. The lowest BCUT2D eigenvalue weighted by atomic mass is 10.0. The number of aromatic amines is 1. The maximum Gasteiger partial charge on any atom is 0.329 e. The van der Waals surface area contributed by atoms with Gasteiger partial charge in [-0.2, -0.15) is 5.10 Å². The minimum Gasteiger partial charge on any atom is -0.317 e. The van der Waals surface area contributed by atoms with Crippen molar-refractivity contribution in [1.82, 2.24) is 34.6 Å². The van der Waals surface area contributed by atoms with Crippen LogP contribution in [0.1, 0.15) is 18.9 Å². The van der Waals surface area contributed by atoms with Crippen molar-refractivity contribution >= 4 is 33.0 Å². The first-order valence-corrected chi connectivity index (χ1v) is 10.2. The Morgan fingerprint density at radius 2 is 1.90 bits per heavy atom. The summed E-state index contributed by atoms with van der Waals surface area (Å²) in [5.41, 5.74) is 5.57. The zero-order valence-electron chi connectivity index (χ0n) is 16.6. The van der Waals surface area contributed by atoms with Crippen molar-refractivity contribution in [3.05, 3.63) is 53.3 Å². The summed E-state index contributed by atoms with van der Waals surface area (Å²) < 4.78 is 3.71. The van der Waals surface area contributed by atoms with Crippen molar-refractivity contribution < 1.29 is 0 Å². The highest BCUT2D eigenvalue weighted by Gasteiger charge is 2.23. The van der Waals surface area contributed by atoms with Crippen LogP contribution in [0.3, 0.4) is 0 Å². The molecule has 1 saturated heterocycles. The molecule has 2 N–H and O–H groups in total. The number of aromatic nitrogens is 6. The molecule has 1 aliphatic rings. The maximum atomic E-state index is 13.2. The van der Waals surface area contributed by atoms with E-state index in [9.17, 15) is 4.79 Å². The van der Waals surface area contributed by atoms with Gasteiger partial charge in [-0.15, -0.1) is 0 Å². The molecule has 0 spiro atoms. The Labute approximate surface area is 171 Å². The Hall–Kier alpha value is -3.52. The fourth-order valence-electron chi connectivity index (χ4n) is 4.60. The van der Waals surface area contributed by atoms with Gasteiger partial charge in [-0.1, -0.05) is 6.07 Å². The summed E-state index contributed by atoms with van der Waals surface area (Å²) in [5, 5.41) is 12.3. The summed E-state index contributed by atoms with van der Waals surface area (Å²) in [4.78, 5) is 22.3. The van der Waals surface area contributed by atoms with Crippen LogP contribution >= 0.6 is 0 Å². The number of fused-ring (bicyclic) bond motifs is 4. The monoisotopic (exact) mass is 399 g/mol. The number of benzene rings is 1. The van der Waals surface area contributed by atoms with Gasteiger partial charge in [0.2, 0.25) is 0 Å². The zero-order chi connectivity index (χ0) is 20.2. The van der Waals surface area contributed by atoms with Crippen LogP contribution in [0.15, 0.2) is 47.7 Å². The average Bonchev–Trinajstić information content (AvgIpc) is 3.36. The van der Waals surface area contributed by atoms with Crippen molar-refractivity contribution in [2.45, 2.75) is 18.9 Å². The smallest absolute Gasteiger partial charge is 0.317 e. The van der Waals surface area contributed by atoms with Crippen LogP contribution in [0.5, 0.6) is 0 Å². The van der Waals surface area contributed by atoms with Crippen LogP contribution in [-0.4, -0.2) is 42.4 Å². The fourth-order valence-corrected chi connectivity index (χ4v) is 4.60.